The van der Waals surface area contributed by atoms with Crippen LogP contribution in [-0.2, 0) is 6.42 Å². The first kappa shape index (κ1) is 17.0. The molecule has 3 N–H and O–H groups in total. The predicted molar refractivity (Wildman–Crippen MR) is 102 cm³/mol. The summed E-state index contributed by atoms with van der Waals surface area (Å²) in [5.74, 6) is -0.864. The van der Waals surface area contributed by atoms with E-state index in [0.29, 0.717) is 17.0 Å². The van der Waals surface area contributed by atoms with Crippen molar-refractivity contribution in [2.75, 3.05) is 0 Å². The molecule has 2 aromatic heterocycles. The summed E-state index contributed by atoms with van der Waals surface area (Å²) in [6.45, 7) is 0. The average Bonchev–Trinajstić information content (AvgIpc) is 3.30. The van der Waals surface area contributed by atoms with E-state index in [1.54, 1.807) is 12.1 Å². The fourth-order valence-corrected chi connectivity index (χ4v) is 3.14. The molecule has 134 valence electrons. The molecule has 0 aliphatic carbocycles. The van der Waals surface area contributed by atoms with Gasteiger partial charge in [-0.05, 0) is 29.0 Å². The van der Waals surface area contributed by atoms with Gasteiger partial charge < -0.3 is 10.1 Å². The van der Waals surface area contributed by atoms with Crippen LogP contribution in [0.2, 0.25) is 5.02 Å². The average molecular weight is 380 g/mol. The summed E-state index contributed by atoms with van der Waals surface area (Å²) in [4.78, 5) is 15.5. The molecule has 2 aromatic carbocycles. The Morgan fingerprint density at radius 1 is 1.19 bits per heavy atom. The van der Waals surface area contributed by atoms with Crippen LogP contribution < -0.4 is 0 Å². The maximum atomic E-state index is 12.2. The number of halogens is 1. The zero-order valence-electron chi connectivity index (χ0n) is 14.0. The summed E-state index contributed by atoms with van der Waals surface area (Å²) in [6.07, 6.45) is 1.64. The number of aliphatic hydroxyl groups excluding tert-OH is 1. The molecule has 0 saturated carbocycles. The first-order chi connectivity index (χ1) is 13.1. The van der Waals surface area contributed by atoms with Gasteiger partial charge in [0.15, 0.2) is 0 Å². The van der Waals surface area contributed by atoms with E-state index in [-0.39, 0.29) is 11.6 Å². The molecule has 0 unspecified atom stereocenters. The number of tetrazole rings is 1. The topological polar surface area (TPSA) is 108 Å². The minimum absolute atomic E-state index is 0.121. The normalized spacial score (nSPS) is 11.8. The van der Waals surface area contributed by atoms with Gasteiger partial charge in [0.2, 0.25) is 11.6 Å². The molecule has 27 heavy (non-hydrogen) atoms. The Kier molecular flexibility index (Phi) is 4.43. The number of aromatic nitrogens is 5. The molecule has 2 heterocycles. The van der Waals surface area contributed by atoms with Crippen molar-refractivity contribution in [2.45, 2.75) is 6.42 Å². The lowest BCUT2D eigenvalue weighted by atomic mass is 10.0. The van der Waals surface area contributed by atoms with Crippen molar-refractivity contribution in [3.63, 3.8) is 0 Å². The molecule has 0 atom stereocenters. The molecule has 0 fully saturated rings. The second kappa shape index (κ2) is 7.05. The molecule has 0 amide bonds. The number of carbonyl (C=O) groups is 1. The molecule has 0 spiro atoms. The number of allylic oxidation sites excluding steroid dienone is 1. The van der Waals surface area contributed by atoms with Gasteiger partial charge in [0.05, 0.1) is 0 Å². The fourth-order valence-electron chi connectivity index (χ4n) is 2.97. The summed E-state index contributed by atoms with van der Waals surface area (Å²) < 4.78 is 0. The number of hydrogen-bond donors (Lipinski definition) is 3. The monoisotopic (exact) mass is 379 g/mol. The second-order valence-corrected chi connectivity index (χ2v) is 6.40. The third-order valence-electron chi connectivity index (χ3n) is 4.15. The smallest absolute Gasteiger partial charge is 0.244 e. The molecule has 0 saturated heterocycles. The summed E-state index contributed by atoms with van der Waals surface area (Å²) in [5.41, 5.74) is 3.17. The van der Waals surface area contributed by atoms with Crippen molar-refractivity contribution in [3.05, 3.63) is 82.3 Å². The van der Waals surface area contributed by atoms with Crippen LogP contribution in [0.4, 0.5) is 0 Å². The number of nitrogens with zero attached hydrogens (tertiary/aromatic N) is 3. The van der Waals surface area contributed by atoms with Gasteiger partial charge in [-0.1, -0.05) is 41.9 Å². The number of aromatic amines is 2. The Labute approximate surface area is 158 Å². The van der Waals surface area contributed by atoms with Gasteiger partial charge in [0.25, 0.3) is 0 Å². The highest BCUT2D eigenvalue weighted by Gasteiger charge is 2.18. The van der Waals surface area contributed by atoms with E-state index in [0.717, 1.165) is 28.2 Å². The van der Waals surface area contributed by atoms with Gasteiger partial charge in [-0.15, -0.1) is 10.2 Å². The van der Waals surface area contributed by atoms with Crippen molar-refractivity contribution in [1.82, 2.24) is 25.6 Å². The van der Waals surface area contributed by atoms with Crippen molar-refractivity contribution in [3.8, 4) is 0 Å². The fraction of sp³-hybridized carbons (Fsp3) is 0.0526. The molecule has 4 aromatic rings. The van der Waals surface area contributed by atoms with Crippen molar-refractivity contribution >= 4 is 34.0 Å². The van der Waals surface area contributed by atoms with Crippen LogP contribution in [0.25, 0.3) is 16.7 Å². The number of aliphatic hydroxyl groups is 1. The highest BCUT2D eigenvalue weighted by atomic mass is 35.5. The van der Waals surface area contributed by atoms with E-state index in [1.165, 1.54) is 0 Å². The lowest BCUT2D eigenvalue weighted by Gasteiger charge is -2.05. The van der Waals surface area contributed by atoms with E-state index >= 15 is 0 Å². The second-order valence-electron chi connectivity index (χ2n) is 5.96. The van der Waals surface area contributed by atoms with Crippen LogP contribution in [0.15, 0.2) is 54.6 Å². The number of H-pyrrole nitrogens is 2. The van der Waals surface area contributed by atoms with E-state index < -0.39 is 5.78 Å². The molecule has 0 bridgehead atoms. The minimum Gasteiger partial charge on any atom is -0.507 e. The van der Waals surface area contributed by atoms with E-state index in [9.17, 15) is 9.90 Å². The Balaban J connectivity index is 1.82. The van der Waals surface area contributed by atoms with E-state index in [2.05, 4.69) is 25.6 Å². The zero-order valence-corrected chi connectivity index (χ0v) is 14.7. The number of fused-ring (bicyclic) bond motifs is 1. The highest BCUT2D eigenvalue weighted by molar-refractivity contribution is 6.31. The van der Waals surface area contributed by atoms with Crippen molar-refractivity contribution < 1.29 is 9.90 Å². The number of rotatable bonds is 5. The van der Waals surface area contributed by atoms with Gasteiger partial charge in [-0.3, -0.25) is 4.79 Å². The van der Waals surface area contributed by atoms with Crippen LogP contribution in [0.1, 0.15) is 27.4 Å². The van der Waals surface area contributed by atoms with Crippen LogP contribution in [0, 0.1) is 0 Å². The van der Waals surface area contributed by atoms with Gasteiger partial charge in [-0.25, -0.2) is 0 Å². The molecule has 0 aliphatic rings. The van der Waals surface area contributed by atoms with E-state index in [4.69, 9.17) is 11.6 Å². The third-order valence-corrected chi connectivity index (χ3v) is 4.39. The third kappa shape index (κ3) is 3.45. The maximum Gasteiger partial charge on any atom is 0.244 e. The summed E-state index contributed by atoms with van der Waals surface area (Å²) in [6, 6.07) is 15.2. The minimum atomic E-state index is -0.553. The molecular weight excluding hydrogens is 366 g/mol. The maximum absolute atomic E-state index is 12.2. The van der Waals surface area contributed by atoms with Crippen LogP contribution in [-0.4, -0.2) is 36.5 Å². The SMILES string of the molecule is O=C(/C=C(\O)c1c(Cc2ccccc2)[nH]c2ccc(Cl)cc12)c1nn[nH]n1. The van der Waals surface area contributed by atoms with Gasteiger partial charge in [-0.2, -0.15) is 5.21 Å². The molecule has 8 heteroatoms. The lowest BCUT2D eigenvalue weighted by molar-refractivity contribution is 0.103. The molecule has 0 aliphatic heterocycles. The number of carbonyl (C=O) groups excluding carboxylic acids is 1. The zero-order chi connectivity index (χ0) is 18.8. The Hall–Kier alpha value is -3.45. The number of hydrogen-bond acceptors (Lipinski definition) is 5. The Morgan fingerprint density at radius 2 is 2.00 bits per heavy atom. The van der Waals surface area contributed by atoms with Gasteiger partial charge in [0.1, 0.15) is 5.76 Å². The molecular formula is C19H14ClN5O2. The Bertz CT molecular complexity index is 1130. The van der Waals surface area contributed by atoms with Crippen LogP contribution in [0.3, 0.4) is 0 Å². The largest absolute Gasteiger partial charge is 0.507 e. The summed E-state index contributed by atoms with van der Waals surface area (Å²) >= 11 is 6.14. The molecule has 0 radical (unpaired) electrons. The first-order valence-corrected chi connectivity index (χ1v) is 8.52. The number of benzene rings is 2. The summed E-state index contributed by atoms with van der Waals surface area (Å²) in [5, 5.41) is 24.8. The predicted octanol–water partition coefficient (Wildman–Crippen LogP) is 3.71. The van der Waals surface area contributed by atoms with E-state index in [1.807, 2.05) is 36.4 Å². The molecule has 7 nitrogen and oxygen atoms in total. The van der Waals surface area contributed by atoms with Crippen LogP contribution in [0.5, 0.6) is 0 Å². The highest BCUT2D eigenvalue weighted by Crippen LogP contribution is 2.31. The van der Waals surface area contributed by atoms with Crippen molar-refractivity contribution in [2.24, 2.45) is 0 Å². The van der Waals surface area contributed by atoms with Crippen LogP contribution >= 0.6 is 11.6 Å². The first-order valence-electron chi connectivity index (χ1n) is 8.14. The van der Waals surface area contributed by atoms with Gasteiger partial charge in [0, 0.05) is 39.7 Å². The quantitative estimate of drug-likeness (QED) is 0.278. The van der Waals surface area contributed by atoms with Crippen molar-refractivity contribution in [1.29, 1.82) is 0 Å². The Morgan fingerprint density at radius 3 is 2.74 bits per heavy atom. The summed E-state index contributed by atoms with van der Waals surface area (Å²) in [7, 11) is 0. The molecule has 4 rings (SSSR count). The van der Waals surface area contributed by atoms with Gasteiger partial charge >= 0.3 is 0 Å². The standard InChI is InChI=1S/C19H14ClN5O2/c20-12-6-7-14-13(9-12)18(15(21-14)8-11-4-2-1-3-5-11)16(26)10-17(27)19-22-24-25-23-19/h1-7,9-10,21,26H,8H2,(H,22,23,24,25)/b16-10-. The lowest BCUT2D eigenvalue weighted by Crippen LogP contribution is -2.01. The number of ketones is 1. The number of nitrogens with one attached hydrogen (secondary N) is 2.